The molecule has 0 unspecified atom stereocenters. The maximum Gasteiger partial charge on any atom is 0.265 e. The van der Waals surface area contributed by atoms with Gasteiger partial charge in [-0.05, 0) is 54.6 Å². The minimum absolute atomic E-state index is 0.00379. The lowest BCUT2D eigenvalue weighted by Crippen LogP contribution is -2.45. The summed E-state index contributed by atoms with van der Waals surface area (Å²) in [5.74, 6) is 2.54. The minimum atomic E-state index is -0.00379. The summed E-state index contributed by atoms with van der Waals surface area (Å²) >= 11 is 1.64. The van der Waals surface area contributed by atoms with Gasteiger partial charge >= 0.3 is 0 Å². The Labute approximate surface area is 163 Å². The van der Waals surface area contributed by atoms with Gasteiger partial charge in [-0.25, -0.2) is 4.98 Å². The van der Waals surface area contributed by atoms with Crippen molar-refractivity contribution in [2.45, 2.75) is 43.0 Å². The number of rotatable bonds is 4. The highest BCUT2D eigenvalue weighted by atomic mass is 32.2. The largest absolute Gasteiger partial charge is 0.342 e. The summed E-state index contributed by atoms with van der Waals surface area (Å²) in [6.45, 7) is 1.78. The number of nitrogens with one attached hydrogen (secondary N) is 1. The van der Waals surface area contributed by atoms with E-state index < -0.39 is 0 Å². The van der Waals surface area contributed by atoms with E-state index in [1.54, 1.807) is 18.0 Å². The number of aromatic nitrogens is 2. The van der Waals surface area contributed by atoms with E-state index in [2.05, 4.69) is 39.1 Å². The van der Waals surface area contributed by atoms with Crippen LogP contribution in [0.5, 0.6) is 0 Å². The third kappa shape index (κ3) is 3.19. The van der Waals surface area contributed by atoms with Crippen LogP contribution in [-0.2, 0) is 6.42 Å². The molecular formula is C21H26N4OS. The van der Waals surface area contributed by atoms with E-state index in [1.165, 1.54) is 24.0 Å². The fourth-order valence-electron chi connectivity index (χ4n) is 4.60. The van der Waals surface area contributed by atoms with Crippen LogP contribution < -0.4 is 16.2 Å². The molecular weight excluding hydrogens is 356 g/mol. The van der Waals surface area contributed by atoms with Crippen molar-refractivity contribution in [1.82, 2.24) is 9.97 Å². The Kier molecular flexibility index (Phi) is 4.28. The summed E-state index contributed by atoms with van der Waals surface area (Å²) in [6.07, 6.45) is 7.49. The smallest absolute Gasteiger partial charge is 0.265 e. The van der Waals surface area contributed by atoms with Crippen molar-refractivity contribution in [3.8, 4) is 0 Å². The predicted octanol–water partition coefficient (Wildman–Crippen LogP) is 3.11. The standard InChI is InChI=1S/C21H26N4OS/c22-18-16-4-2-1-3-15(16)11-21(18)7-9-25(10-8-21)20-23-12-17(19(26)24-20)27-13-14-5-6-14/h1-4,12,14,18H,5-11,13,22H2,(H,23,24,26)/t18-/m1/s1. The monoisotopic (exact) mass is 382 g/mol. The Hall–Kier alpha value is -1.79. The highest BCUT2D eigenvalue weighted by molar-refractivity contribution is 7.99. The van der Waals surface area contributed by atoms with Crippen molar-refractivity contribution in [1.29, 1.82) is 0 Å². The number of benzene rings is 1. The quantitative estimate of drug-likeness (QED) is 0.795. The van der Waals surface area contributed by atoms with E-state index in [1.807, 2.05) is 0 Å². The summed E-state index contributed by atoms with van der Waals surface area (Å²) < 4.78 is 0. The van der Waals surface area contributed by atoms with Crippen LogP contribution in [0.15, 0.2) is 40.2 Å². The molecule has 142 valence electrons. The molecule has 0 bridgehead atoms. The molecule has 3 aliphatic rings. The van der Waals surface area contributed by atoms with Gasteiger partial charge in [-0.3, -0.25) is 9.78 Å². The first-order chi connectivity index (χ1) is 13.1. The average molecular weight is 383 g/mol. The van der Waals surface area contributed by atoms with E-state index in [9.17, 15) is 4.79 Å². The van der Waals surface area contributed by atoms with Crippen molar-refractivity contribution in [3.63, 3.8) is 0 Å². The number of fused-ring (bicyclic) bond motifs is 1. The van der Waals surface area contributed by atoms with Crippen molar-refractivity contribution in [2.24, 2.45) is 17.1 Å². The van der Waals surface area contributed by atoms with Gasteiger partial charge in [-0.1, -0.05) is 24.3 Å². The molecule has 3 N–H and O–H groups in total. The summed E-state index contributed by atoms with van der Waals surface area (Å²) in [7, 11) is 0. The Morgan fingerprint density at radius 3 is 2.74 bits per heavy atom. The SMILES string of the molecule is N[C@@H]1c2ccccc2CC12CCN(c1ncc(SCC3CC3)c(=O)[nH]1)CC2. The molecule has 2 fully saturated rings. The second kappa shape index (κ2) is 6.67. The fourth-order valence-corrected chi connectivity index (χ4v) is 5.66. The van der Waals surface area contributed by atoms with Crippen molar-refractivity contribution in [2.75, 3.05) is 23.7 Å². The van der Waals surface area contributed by atoms with Crippen LogP contribution in [-0.4, -0.2) is 28.8 Å². The van der Waals surface area contributed by atoms with Crippen LogP contribution in [0.1, 0.15) is 42.9 Å². The second-order valence-corrected chi connectivity index (χ2v) is 9.42. The molecule has 1 atom stereocenters. The van der Waals surface area contributed by atoms with Gasteiger partial charge in [0.1, 0.15) is 0 Å². The first-order valence-corrected chi connectivity index (χ1v) is 10.9. The Balaban J connectivity index is 1.27. The molecule has 2 heterocycles. The molecule has 27 heavy (non-hydrogen) atoms. The number of piperidine rings is 1. The van der Waals surface area contributed by atoms with Gasteiger partial charge in [0.15, 0.2) is 0 Å². The van der Waals surface area contributed by atoms with Gasteiger partial charge in [-0.2, -0.15) is 0 Å². The fraction of sp³-hybridized carbons (Fsp3) is 0.524. The number of nitrogens with zero attached hydrogens (tertiary/aromatic N) is 2. The molecule has 1 saturated carbocycles. The zero-order chi connectivity index (χ0) is 18.4. The summed E-state index contributed by atoms with van der Waals surface area (Å²) in [6, 6.07) is 8.71. The Morgan fingerprint density at radius 2 is 2.04 bits per heavy atom. The lowest BCUT2D eigenvalue weighted by atomic mass is 9.73. The summed E-state index contributed by atoms with van der Waals surface area (Å²) in [5.41, 5.74) is 9.52. The first kappa shape index (κ1) is 17.3. The van der Waals surface area contributed by atoms with Crippen LogP contribution in [0, 0.1) is 11.3 Å². The van der Waals surface area contributed by atoms with Crippen LogP contribution in [0.25, 0.3) is 0 Å². The lowest BCUT2D eigenvalue weighted by molar-refractivity contribution is 0.187. The molecule has 2 aliphatic carbocycles. The topological polar surface area (TPSA) is 75.0 Å². The first-order valence-electron chi connectivity index (χ1n) is 9.95. The summed E-state index contributed by atoms with van der Waals surface area (Å²) in [5, 5.41) is 0. The molecule has 1 aromatic heterocycles. The zero-order valence-electron chi connectivity index (χ0n) is 15.5. The molecule has 1 aliphatic heterocycles. The molecule has 1 spiro atoms. The van der Waals surface area contributed by atoms with E-state index in [4.69, 9.17) is 5.73 Å². The number of anilines is 1. The molecule has 5 rings (SSSR count). The Morgan fingerprint density at radius 1 is 1.26 bits per heavy atom. The highest BCUT2D eigenvalue weighted by Crippen LogP contribution is 2.50. The van der Waals surface area contributed by atoms with E-state index in [-0.39, 0.29) is 17.0 Å². The van der Waals surface area contributed by atoms with E-state index >= 15 is 0 Å². The maximum absolute atomic E-state index is 12.4. The number of aromatic amines is 1. The van der Waals surface area contributed by atoms with Crippen molar-refractivity contribution < 1.29 is 0 Å². The normalized spacial score (nSPS) is 23.6. The molecule has 1 aromatic carbocycles. The predicted molar refractivity (Wildman–Crippen MR) is 109 cm³/mol. The second-order valence-electron chi connectivity index (χ2n) is 8.36. The van der Waals surface area contributed by atoms with Gasteiger partial charge < -0.3 is 10.6 Å². The molecule has 0 radical (unpaired) electrons. The number of thioether (sulfide) groups is 1. The third-order valence-corrected chi connectivity index (χ3v) is 7.82. The number of hydrogen-bond donors (Lipinski definition) is 2. The number of hydrogen-bond acceptors (Lipinski definition) is 5. The molecule has 1 saturated heterocycles. The van der Waals surface area contributed by atoms with Gasteiger partial charge in [0.05, 0.1) is 4.90 Å². The molecule has 0 amide bonds. The van der Waals surface area contributed by atoms with Gasteiger partial charge in [0.25, 0.3) is 5.56 Å². The minimum Gasteiger partial charge on any atom is -0.342 e. The van der Waals surface area contributed by atoms with E-state index in [0.717, 1.165) is 48.9 Å². The van der Waals surface area contributed by atoms with E-state index in [0.29, 0.717) is 5.95 Å². The van der Waals surface area contributed by atoms with Crippen LogP contribution in [0.3, 0.4) is 0 Å². The van der Waals surface area contributed by atoms with Gasteiger partial charge in [0, 0.05) is 31.1 Å². The molecule has 5 nitrogen and oxygen atoms in total. The zero-order valence-corrected chi connectivity index (χ0v) is 16.3. The maximum atomic E-state index is 12.4. The van der Waals surface area contributed by atoms with Crippen molar-refractivity contribution >= 4 is 17.7 Å². The molecule has 6 heteroatoms. The number of nitrogens with two attached hydrogens (primary N) is 1. The lowest BCUT2D eigenvalue weighted by Gasteiger charge is -2.42. The van der Waals surface area contributed by atoms with Crippen LogP contribution in [0.4, 0.5) is 5.95 Å². The van der Waals surface area contributed by atoms with Gasteiger partial charge in [-0.15, -0.1) is 11.8 Å². The van der Waals surface area contributed by atoms with Gasteiger partial charge in [0.2, 0.25) is 5.95 Å². The van der Waals surface area contributed by atoms with Crippen LogP contribution >= 0.6 is 11.8 Å². The average Bonchev–Trinajstić information content (AvgIpc) is 3.48. The van der Waals surface area contributed by atoms with Crippen molar-refractivity contribution in [3.05, 3.63) is 51.9 Å². The summed E-state index contributed by atoms with van der Waals surface area (Å²) in [4.78, 5) is 22.9. The number of H-pyrrole nitrogens is 1. The highest BCUT2D eigenvalue weighted by Gasteiger charge is 2.45. The van der Waals surface area contributed by atoms with Crippen LogP contribution in [0.2, 0.25) is 0 Å². The Bertz CT molecular complexity index is 899. The molecule has 2 aromatic rings. The third-order valence-electron chi connectivity index (χ3n) is 6.58.